The highest BCUT2D eigenvalue weighted by molar-refractivity contribution is 6.61. The summed E-state index contributed by atoms with van der Waals surface area (Å²) in [6, 6.07) is 8.76. The summed E-state index contributed by atoms with van der Waals surface area (Å²) in [5.41, 5.74) is 0.429. The minimum atomic E-state index is -0.845. The number of benzene rings is 1. The Balaban J connectivity index is 2.68. The van der Waals surface area contributed by atoms with E-state index in [2.05, 4.69) is 4.74 Å². The number of rotatable bonds is 2. The first-order chi connectivity index (χ1) is 6.22. The van der Waals surface area contributed by atoms with Crippen molar-refractivity contribution in [2.24, 2.45) is 0 Å². The van der Waals surface area contributed by atoms with Crippen LogP contribution < -0.4 is 0 Å². The lowest BCUT2D eigenvalue weighted by Gasteiger charge is -2.00. The van der Waals surface area contributed by atoms with Crippen LogP contribution in [-0.2, 0) is 11.3 Å². The molecule has 66 valence electrons. The lowest BCUT2D eigenvalue weighted by molar-refractivity contribution is 0.167. The molecule has 13 heavy (non-hydrogen) atoms. The molecular formula is C9H6ClNO2. The van der Waals surface area contributed by atoms with E-state index in [1.54, 1.807) is 24.3 Å². The zero-order valence-corrected chi connectivity index (χ0v) is 7.41. The molecule has 0 spiro atoms. The van der Waals surface area contributed by atoms with Gasteiger partial charge in [-0.3, -0.25) is 0 Å². The third-order valence-corrected chi connectivity index (χ3v) is 1.52. The zero-order valence-electron chi connectivity index (χ0n) is 6.66. The van der Waals surface area contributed by atoms with Crippen LogP contribution in [0.3, 0.4) is 0 Å². The SMILES string of the molecule is N#Cc1cccc(COC(=O)Cl)c1. The largest absolute Gasteiger partial charge is 0.449 e. The molecule has 4 heteroatoms. The summed E-state index contributed by atoms with van der Waals surface area (Å²) in [7, 11) is 0. The van der Waals surface area contributed by atoms with Gasteiger partial charge in [0.2, 0.25) is 0 Å². The van der Waals surface area contributed by atoms with E-state index in [4.69, 9.17) is 16.9 Å². The number of hydrogen-bond acceptors (Lipinski definition) is 3. The molecule has 0 amide bonds. The molecular weight excluding hydrogens is 190 g/mol. The van der Waals surface area contributed by atoms with Gasteiger partial charge >= 0.3 is 5.43 Å². The summed E-state index contributed by atoms with van der Waals surface area (Å²) in [5.74, 6) is 0. The number of carbonyl (C=O) groups excluding carboxylic acids is 1. The van der Waals surface area contributed by atoms with Gasteiger partial charge in [0.05, 0.1) is 11.6 Å². The molecule has 0 fully saturated rings. The molecule has 0 radical (unpaired) electrons. The molecule has 0 aliphatic carbocycles. The lowest BCUT2D eigenvalue weighted by atomic mass is 10.1. The van der Waals surface area contributed by atoms with Crippen LogP contribution in [-0.4, -0.2) is 5.43 Å². The lowest BCUT2D eigenvalue weighted by Crippen LogP contribution is -1.94. The van der Waals surface area contributed by atoms with Crippen LogP contribution in [0.15, 0.2) is 24.3 Å². The quantitative estimate of drug-likeness (QED) is 0.681. The van der Waals surface area contributed by atoms with Gasteiger partial charge in [0.15, 0.2) is 0 Å². The van der Waals surface area contributed by atoms with E-state index in [-0.39, 0.29) is 6.61 Å². The predicted octanol–water partition coefficient (Wildman–Crippen LogP) is 2.43. The smallest absolute Gasteiger partial charge is 0.404 e. The maximum atomic E-state index is 10.2. The van der Waals surface area contributed by atoms with Crippen LogP contribution >= 0.6 is 11.6 Å². The molecule has 3 nitrogen and oxygen atoms in total. The average molecular weight is 196 g/mol. The highest BCUT2D eigenvalue weighted by Gasteiger charge is 1.98. The number of nitriles is 1. The summed E-state index contributed by atoms with van der Waals surface area (Å²) in [6.45, 7) is 0.0951. The molecule has 0 unspecified atom stereocenters. The molecule has 1 rings (SSSR count). The van der Waals surface area contributed by atoms with E-state index in [9.17, 15) is 4.79 Å². The Bertz CT molecular complexity index is 357. The van der Waals surface area contributed by atoms with Crippen molar-refractivity contribution in [3.8, 4) is 6.07 Å². The van der Waals surface area contributed by atoms with Crippen molar-refractivity contribution in [2.75, 3.05) is 0 Å². The molecule has 0 saturated heterocycles. The third-order valence-electron chi connectivity index (χ3n) is 1.41. The van der Waals surface area contributed by atoms with E-state index in [1.165, 1.54) is 0 Å². The highest BCUT2D eigenvalue weighted by Crippen LogP contribution is 2.06. The van der Waals surface area contributed by atoms with Gasteiger partial charge in [-0.15, -0.1) is 0 Å². The Morgan fingerprint density at radius 2 is 2.38 bits per heavy atom. The van der Waals surface area contributed by atoms with Gasteiger partial charge in [0, 0.05) is 11.6 Å². The van der Waals surface area contributed by atoms with E-state index < -0.39 is 5.43 Å². The van der Waals surface area contributed by atoms with Crippen molar-refractivity contribution in [3.63, 3.8) is 0 Å². The molecule has 0 aromatic heterocycles. The number of hydrogen-bond donors (Lipinski definition) is 0. The first kappa shape index (κ1) is 9.56. The third kappa shape index (κ3) is 3.14. The summed E-state index contributed by atoms with van der Waals surface area (Å²) < 4.78 is 4.54. The Labute approximate surface area is 80.5 Å². The van der Waals surface area contributed by atoms with Crippen LogP contribution in [0.2, 0.25) is 0 Å². The summed E-state index contributed by atoms with van der Waals surface area (Å²) in [5, 5.41) is 8.56. The average Bonchev–Trinajstić information content (AvgIpc) is 2.15. The van der Waals surface area contributed by atoms with Gasteiger partial charge in [0.1, 0.15) is 6.61 Å². The number of halogens is 1. The molecule has 1 aromatic carbocycles. The molecule has 0 N–H and O–H groups in total. The van der Waals surface area contributed by atoms with Crippen LogP contribution in [0.5, 0.6) is 0 Å². The Morgan fingerprint density at radius 1 is 1.62 bits per heavy atom. The molecule has 1 aromatic rings. The maximum Gasteiger partial charge on any atom is 0.404 e. The Morgan fingerprint density at radius 3 is 3.00 bits per heavy atom. The molecule has 0 aliphatic rings. The summed E-state index contributed by atoms with van der Waals surface area (Å²) in [6.07, 6.45) is 0. The number of carbonyl (C=O) groups is 1. The number of nitrogens with zero attached hydrogens (tertiary/aromatic N) is 1. The van der Waals surface area contributed by atoms with Gasteiger partial charge in [-0.25, -0.2) is 4.79 Å². The minimum absolute atomic E-state index is 0.0951. The fourth-order valence-electron chi connectivity index (χ4n) is 0.871. The van der Waals surface area contributed by atoms with Gasteiger partial charge in [-0.2, -0.15) is 5.26 Å². The fraction of sp³-hybridized carbons (Fsp3) is 0.111. The molecule has 0 bridgehead atoms. The minimum Gasteiger partial charge on any atom is -0.449 e. The monoisotopic (exact) mass is 195 g/mol. The Kier molecular flexibility index (Phi) is 3.30. The van der Waals surface area contributed by atoms with Crippen LogP contribution in [0, 0.1) is 11.3 Å². The second-order valence-electron chi connectivity index (χ2n) is 2.34. The van der Waals surface area contributed by atoms with Gasteiger partial charge in [0.25, 0.3) is 0 Å². The van der Waals surface area contributed by atoms with Gasteiger partial charge in [-0.05, 0) is 17.7 Å². The first-order valence-corrected chi connectivity index (χ1v) is 3.91. The number of ether oxygens (including phenoxy) is 1. The summed E-state index contributed by atoms with van der Waals surface area (Å²) >= 11 is 4.98. The standard InChI is InChI=1S/C9H6ClNO2/c10-9(12)13-6-8-3-1-2-7(4-8)5-11/h1-4H,6H2. The van der Waals surface area contributed by atoms with Gasteiger partial charge in [-0.1, -0.05) is 12.1 Å². The van der Waals surface area contributed by atoms with E-state index >= 15 is 0 Å². The van der Waals surface area contributed by atoms with Crippen molar-refractivity contribution in [1.29, 1.82) is 5.26 Å². The van der Waals surface area contributed by atoms with Crippen molar-refractivity contribution in [1.82, 2.24) is 0 Å². The van der Waals surface area contributed by atoms with E-state index in [0.717, 1.165) is 5.56 Å². The molecule has 0 heterocycles. The predicted molar refractivity (Wildman–Crippen MR) is 47.2 cm³/mol. The second-order valence-corrected chi connectivity index (χ2v) is 2.65. The summed E-state index contributed by atoms with van der Waals surface area (Å²) in [4.78, 5) is 10.2. The maximum absolute atomic E-state index is 10.2. The first-order valence-electron chi connectivity index (χ1n) is 3.53. The van der Waals surface area contributed by atoms with Gasteiger partial charge < -0.3 is 4.74 Å². The van der Waals surface area contributed by atoms with E-state index in [1.807, 2.05) is 6.07 Å². The van der Waals surface area contributed by atoms with Crippen molar-refractivity contribution in [2.45, 2.75) is 6.61 Å². The van der Waals surface area contributed by atoms with Crippen molar-refractivity contribution < 1.29 is 9.53 Å². The van der Waals surface area contributed by atoms with Crippen LogP contribution in [0.4, 0.5) is 4.79 Å². The fourth-order valence-corrected chi connectivity index (χ4v) is 0.925. The topological polar surface area (TPSA) is 50.1 Å². The molecule has 0 atom stereocenters. The zero-order chi connectivity index (χ0) is 9.68. The molecule has 0 saturated carbocycles. The van der Waals surface area contributed by atoms with Crippen LogP contribution in [0.1, 0.15) is 11.1 Å². The van der Waals surface area contributed by atoms with E-state index in [0.29, 0.717) is 5.56 Å². The van der Waals surface area contributed by atoms with Crippen molar-refractivity contribution in [3.05, 3.63) is 35.4 Å². The normalized spacial score (nSPS) is 8.92. The molecule has 0 aliphatic heterocycles. The second kappa shape index (κ2) is 4.48. The Hall–Kier alpha value is -1.53. The van der Waals surface area contributed by atoms with Crippen molar-refractivity contribution >= 4 is 17.0 Å². The highest BCUT2D eigenvalue weighted by atomic mass is 35.5. The van der Waals surface area contributed by atoms with Crippen LogP contribution in [0.25, 0.3) is 0 Å².